The number of Topliss-reactive ketones (excluding diaryl/α,β-unsaturated/α-hetero) is 1. The number of aromatic nitrogens is 1. The van der Waals surface area contributed by atoms with Crippen LogP contribution in [0, 0.1) is 16.7 Å². The topological polar surface area (TPSA) is 109 Å². The number of carboxylic acids is 1. The van der Waals surface area contributed by atoms with Crippen molar-refractivity contribution in [1.82, 2.24) is 4.57 Å². The summed E-state index contributed by atoms with van der Waals surface area (Å²) in [4.78, 5) is 38.2. The van der Waals surface area contributed by atoms with Crippen molar-refractivity contribution in [2.24, 2.45) is 5.41 Å². The molecule has 1 heterocycles. The van der Waals surface area contributed by atoms with E-state index in [9.17, 15) is 32.8 Å². The summed E-state index contributed by atoms with van der Waals surface area (Å²) in [5.74, 6) is -1.74. The summed E-state index contributed by atoms with van der Waals surface area (Å²) in [6.45, 7) is 0. The van der Waals surface area contributed by atoms with E-state index in [2.05, 4.69) is 0 Å². The van der Waals surface area contributed by atoms with Gasteiger partial charge in [0.2, 0.25) is 0 Å². The molecule has 0 aliphatic heterocycles. The zero-order chi connectivity index (χ0) is 29.2. The number of halogens is 4. The number of carbonyl (C=O) groups is 2. The lowest BCUT2D eigenvalue weighted by Gasteiger charge is -2.45. The third kappa shape index (κ3) is 5.61. The first-order valence-electron chi connectivity index (χ1n) is 12.3. The van der Waals surface area contributed by atoms with E-state index in [1.807, 2.05) is 6.07 Å². The minimum Gasteiger partial charge on any atom is -0.495 e. The number of hydrogen-bond acceptors (Lipinski definition) is 5. The number of aromatic carboxylic acids is 1. The molecule has 1 aliphatic rings. The number of ketones is 1. The first-order chi connectivity index (χ1) is 18.9. The Morgan fingerprint density at radius 1 is 1.15 bits per heavy atom. The molecule has 3 aromatic rings. The van der Waals surface area contributed by atoms with Gasteiger partial charge in [0.15, 0.2) is 5.78 Å². The van der Waals surface area contributed by atoms with Gasteiger partial charge in [0.05, 0.1) is 42.0 Å². The van der Waals surface area contributed by atoms with E-state index in [0.717, 1.165) is 10.6 Å². The van der Waals surface area contributed by atoms with E-state index < -0.39 is 41.4 Å². The van der Waals surface area contributed by atoms with Gasteiger partial charge in [-0.3, -0.25) is 9.59 Å². The number of hydrogen-bond donors (Lipinski definition) is 1. The van der Waals surface area contributed by atoms with Crippen LogP contribution in [0.3, 0.4) is 0 Å². The zero-order valence-electron chi connectivity index (χ0n) is 21.3. The normalized spacial score (nSPS) is 15.0. The van der Waals surface area contributed by atoms with Crippen LogP contribution in [0.15, 0.2) is 59.5 Å². The first-order valence-corrected chi connectivity index (χ1v) is 12.7. The SMILES string of the molecule is COc1cn(C(CC2(C(F)(F)F)CCC2)C(=O)Cc2ccc(C(=O)O)cc2)c(=O)cc1-c1cc(Cl)ccc1C#N. The summed E-state index contributed by atoms with van der Waals surface area (Å²) < 4.78 is 48.9. The molecule has 0 saturated heterocycles. The Balaban J connectivity index is 1.81. The number of rotatable bonds is 9. The second-order valence-electron chi connectivity index (χ2n) is 9.80. The average Bonchev–Trinajstić information content (AvgIpc) is 2.88. The quantitative estimate of drug-likeness (QED) is 0.326. The van der Waals surface area contributed by atoms with Crippen molar-refractivity contribution in [2.45, 2.75) is 44.3 Å². The number of nitriles is 1. The molecule has 0 amide bonds. The maximum absolute atomic E-state index is 14.2. The molecule has 11 heteroatoms. The van der Waals surface area contributed by atoms with Gasteiger partial charge < -0.3 is 14.4 Å². The Hall–Kier alpha value is -4.10. The van der Waals surface area contributed by atoms with Gasteiger partial charge in [-0.25, -0.2) is 4.79 Å². The molecule has 0 spiro atoms. The summed E-state index contributed by atoms with van der Waals surface area (Å²) in [6.07, 6.45) is -4.31. The van der Waals surface area contributed by atoms with E-state index in [4.69, 9.17) is 21.4 Å². The molecular formula is C29H24ClF3N2O5. The molecule has 1 fully saturated rings. The number of methoxy groups -OCH3 is 1. The van der Waals surface area contributed by atoms with E-state index in [1.54, 1.807) is 0 Å². The van der Waals surface area contributed by atoms with Crippen molar-refractivity contribution in [1.29, 1.82) is 5.26 Å². The minimum atomic E-state index is -4.58. The molecule has 40 heavy (non-hydrogen) atoms. The Kier molecular flexibility index (Phi) is 8.08. The van der Waals surface area contributed by atoms with Gasteiger partial charge in [0, 0.05) is 28.6 Å². The molecule has 2 aromatic carbocycles. The average molecular weight is 573 g/mol. The van der Waals surface area contributed by atoms with Crippen LogP contribution in [0.4, 0.5) is 13.2 Å². The third-order valence-corrected chi connectivity index (χ3v) is 7.67. The molecule has 0 bridgehead atoms. The van der Waals surface area contributed by atoms with E-state index in [0.29, 0.717) is 22.6 Å². The predicted molar refractivity (Wildman–Crippen MR) is 141 cm³/mol. The molecule has 4 rings (SSSR count). The first kappa shape index (κ1) is 28.9. The van der Waals surface area contributed by atoms with Crippen molar-refractivity contribution in [2.75, 3.05) is 7.11 Å². The zero-order valence-corrected chi connectivity index (χ0v) is 22.1. The predicted octanol–water partition coefficient (Wildman–Crippen LogP) is 6.22. The third-order valence-electron chi connectivity index (χ3n) is 7.44. The summed E-state index contributed by atoms with van der Waals surface area (Å²) in [5.41, 5.74) is -1.79. The fourth-order valence-corrected chi connectivity index (χ4v) is 5.18. The molecule has 7 nitrogen and oxygen atoms in total. The van der Waals surface area contributed by atoms with Gasteiger partial charge in [-0.2, -0.15) is 18.4 Å². The highest BCUT2D eigenvalue weighted by atomic mass is 35.5. The van der Waals surface area contributed by atoms with Crippen molar-refractivity contribution in [3.8, 4) is 22.9 Å². The highest BCUT2D eigenvalue weighted by Crippen LogP contribution is 2.57. The van der Waals surface area contributed by atoms with Gasteiger partial charge in [-0.1, -0.05) is 30.2 Å². The van der Waals surface area contributed by atoms with Crippen LogP contribution < -0.4 is 10.3 Å². The minimum absolute atomic E-state index is 0.00691. The summed E-state index contributed by atoms with van der Waals surface area (Å²) >= 11 is 6.11. The van der Waals surface area contributed by atoms with Gasteiger partial charge >= 0.3 is 12.1 Å². The molecule has 1 saturated carbocycles. The van der Waals surface area contributed by atoms with Gasteiger partial charge in [-0.05, 0) is 55.2 Å². The molecule has 1 atom stereocenters. The van der Waals surface area contributed by atoms with Crippen LogP contribution in [-0.2, 0) is 11.2 Å². The second kappa shape index (κ2) is 11.2. The fraction of sp³-hybridized carbons (Fsp3) is 0.310. The molecule has 0 radical (unpaired) electrons. The number of carbonyl (C=O) groups excluding carboxylic acids is 1. The maximum atomic E-state index is 14.2. The van der Waals surface area contributed by atoms with Crippen molar-refractivity contribution in [3.05, 3.63) is 86.8 Å². The number of pyridine rings is 1. The summed E-state index contributed by atoms with van der Waals surface area (Å²) in [6, 6.07) is 11.5. The van der Waals surface area contributed by atoms with E-state index in [-0.39, 0.29) is 41.7 Å². The largest absolute Gasteiger partial charge is 0.495 e. The van der Waals surface area contributed by atoms with Crippen LogP contribution in [0.25, 0.3) is 11.1 Å². The Labute approximate surface area is 232 Å². The standard InChI is InChI=1S/C29H24ClF3N2O5/c1-40-25-16-35(26(37)13-22(25)21-12-20(30)8-7-19(21)15-34)23(14-28(9-2-10-28)29(31,32)33)24(36)11-17-3-5-18(6-4-17)27(38)39/h3-8,12-13,16,23H,2,9-11,14H2,1H3,(H,38,39). The van der Waals surface area contributed by atoms with E-state index in [1.165, 1.54) is 55.8 Å². The van der Waals surface area contributed by atoms with Gasteiger partial charge in [-0.15, -0.1) is 0 Å². The smallest absolute Gasteiger partial charge is 0.394 e. The summed E-state index contributed by atoms with van der Waals surface area (Å²) in [7, 11) is 1.30. The monoisotopic (exact) mass is 572 g/mol. The van der Waals surface area contributed by atoms with Crippen LogP contribution in [-0.4, -0.2) is 34.7 Å². The highest BCUT2D eigenvalue weighted by Gasteiger charge is 2.59. The number of benzene rings is 2. The van der Waals surface area contributed by atoms with Gasteiger partial charge in [0.1, 0.15) is 5.75 Å². The number of carboxylic acid groups (broad SMARTS) is 1. The lowest BCUT2D eigenvalue weighted by Crippen LogP contribution is -2.47. The van der Waals surface area contributed by atoms with Crippen molar-refractivity contribution < 1.29 is 32.6 Å². The number of alkyl halides is 3. The Bertz CT molecular complexity index is 1550. The number of ether oxygens (including phenoxy) is 1. The van der Waals surface area contributed by atoms with Crippen LogP contribution in [0.2, 0.25) is 5.02 Å². The maximum Gasteiger partial charge on any atom is 0.394 e. The van der Waals surface area contributed by atoms with Crippen molar-refractivity contribution >= 4 is 23.4 Å². The molecule has 1 aromatic heterocycles. The molecule has 1 N–H and O–H groups in total. The van der Waals surface area contributed by atoms with E-state index >= 15 is 0 Å². The fourth-order valence-electron chi connectivity index (χ4n) is 5.01. The molecule has 208 valence electrons. The van der Waals surface area contributed by atoms with Crippen molar-refractivity contribution in [3.63, 3.8) is 0 Å². The highest BCUT2D eigenvalue weighted by molar-refractivity contribution is 6.31. The lowest BCUT2D eigenvalue weighted by molar-refractivity contribution is -0.255. The van der Waals surface area contributed by atoms with Crippen LogP contribution in [0.5, 0.6) is 5.75 Å². The molecule has 1 unspecified atom stereocenters. The van der Waals surface area contributed by atoms with Crippen LogP contribution >= 0.6 is 11.6 Å². The lowest BCUT2D eigenvalue weighted by atomic mass is 9.64. The number of nitrogens with zero attached hydrogens (tertiary/aromatic N) is 2. The Morgan fingerprint density at radius 2 is 1.82 bits per heavy atom. The Morgan fingerprint density at radius 3 is 2.35 bits per heavy atom. The van der Waals surface area contributed by atoms with Gasteiger partial charge in [0.25, 0.3) is 5.56 Å². The van der Waals surface area contributed by atoms with Crippen LogP contribution in [0.1, 0.15) is 53.2 Å². The molecule has 1 aliphatic carbocycles. The molecular weight excluding hydrogens is 549 g/mol. The summed E-state index contributed by atoms with van der Waals surface area (Å²) in [5, 5.41) is 19.0. The second-order valence-corrected chi connectivity index (χ2v) is 10.2.